The first-order valence-electron chi connectivity index (χ1n) is 8.66. The molecule has 4 rings (SSSR count). The van der Waals surface area contributed by atoms with Crippen molar-refractivity contribution >= 4 is 11.6 Å². The number of likely N-dealkylation sites (tertiary alicyclic amines) is 1. The van der Waals surface area contributed by atoms with Crippen LogP contribution in [0.1, 0.15) is 23.7 Å². The van der Waals surface area contributed by atoms with Crippen molar-refractivity contribution in [3.63, 3.8) is 0 Å². The van der Waals surface area contributed by atoms with Gasteiger partial charge in [-0.15, -0.1) is 10.2 Å². The molecule has 4 heterocycles. The molecule has 2 atom stereocenters. The van der Waals surface area contributed by atoms with Gasteiger partial charge < -0.3 is 9.64 Å². The summed E-state index contributed by atoms with van der Waals surface area (Å²) < 4.78 is 7.26. The second-order valence-corrected chi connectivity index (χ2v) is 6.61. The number of ether oxygens (including phenoxy) is 1. The predicted molar refractivity (Wildman–Crippen MR) is 88.9 cm³/mol. The number of aromatic nitrogens is 3. The van der Waals surface area contributed by atoms with E-state index in [1.54, 1.807) is 10.7 Å². The summed E-state index contributed by atoms with van der Waals surface area (Å²) in [5.41, 5.74) is 1.45. The quantitative estimate of drug-likeness (QED) is 0.838. The van der Waals surface area contributed by atoms with E-state index in [2.05, 4.69) is 22.0 Å². The number of amides is 1. The second-order valence-electron chi connectivity index (χ2n) is 6.61. The van der Waals surface area contributed by atoms with Crippen LogP contribution in [0.4, 0.5) is 0 Å². The minimum absolute atomic E-state index is 0.0970. The molecule has 2 aromatic heterocycles. The van der Waals surface area contributed by atoms with Crippen LogP contribution in [0.2, 0.25) is 0 Å². The van der Waals surface area contributed by atoms with Crippen molar-refractivity contribution in [3.8, 4) is 0 Å². The lowest BCUT2D eigenvalue weighted by Gasteiger charge is -2.34. The van der Waals surface area contributed by atoms with Crippen molar-refractivity contribution in [3.05, 3.63) is 30.2 Å². The summed E-state index contributed by atoms with van der Waals surface area (Å²) in [6.45, 7) is 7.38. The lowest BCUT2D eigenvalue weighted by molar-refractivity contribution is 0.0103. The zero-order valence-corrected chi connectivity index (χ0v) is 14.0. The molecule has 0 aromatic carbocycles. The number of hydrogen-bond acceptors (Lipinski definition) is 5. The number of fused-ring (bicyclic) bond motifs is 1. The molecule has 0 spiro atoms. The molecule has 2 aromatic rings. The van der Waals surface area contributed by atoms with Gasteiger partial charge in [0.15, 0.2) is 5.65 Å². The Morgan fingerprint density at radius 1 is 1.29 bits per heavy atom. The van der Waals surface area contributed by atoms with Gasteiger partial charge in [0.2, 0.25) is 0 Å². The fourth-order valence-corrected chi connectivity index (χ4v) is 3.88. The van der Waals surface area contributed by atoms with E-state index in [1.807, 2.05) is 23.2 Å². The molecule has 2 saturated heterocycles. The molecule has 0 saturated carbocycles. The van der Waals surface area contributed by atoms with Crippen LogP contribution in [0.5, 0.6) is 0 Å². The Morgan fingerprint density at radius 2 is 2.12 bits per heavy atom. The average Bonchev–Trinajstić information content (AvgIpc) is 3.27. The standard InChI is InChI=1S/C17H23N5O2/c1-2-13-9-21(11-15(13)20-5-7-24-8-6-20)17(23)14-3-4-16-19-18-12-22(16)10-14/h3-4,10,12-13,15H,2,5-9,11H2,1H3. The third kappa shape index (κ3) is 2.78. The van der Waals surface area contributed by atoms with E-state index in [1.165, 1.54) is 0 Å². The number of morpholine rings is 1. The topological polar surface area (TPSA) is 63.0 Å². The molecule has 2 unspecified atom stereocenters. The lowest BCUT2D eigenvalue weighted by atomic mass is 9.99. The Bertz CT molecular complexity index is 725. The van der Waals surface area contributed by atoms with Crippen molar-refractivity contribution in [2.45, 2.75) is 19.4 Å². The first-order valence-corrected chi connectivity index (χ1v) is 8.66. The fourth-order valence-electron chi connectivity index (χ4n) is 3.88. The normalized spacial score (nSPS) is 25.5. The maximum atomic E-state index is 12.9. The smallest absolute Gasteiger partial charge is 0.255 e. The maximum Gasteiger partial charge on any atom is 0.255 e. The fraction of sp³-hybridized carbons (Fsp3) is 0.588. The molecule has 7 nitrogen and oxygen atoms in total. The van der Waals surface area contributed by atoms with Crippen LogP contribution in [-0.4, -0.2) is 75.7 Å². The summed E-state index contributed by atoms with van der Waals surface area (Å²) in [5.74, 6) is 0.630. The summed E-state index contributed by atoms with van der Waals surface area (Å²) in [5, 5.41) is 7.85. The number of hydrogen-bond donors (Lipinski definition) is 0. The van der Waals surface area contributed by atoms with E-state index in [9.17, 15) is 4.79 Å². The van der Waals surface area contributed by atoms with Crippen LogP contribution in [0.15, 0.2) is 24.7 Å². The molecular formula is C17H23N5O2. The van der Waals surface area contributed by atoms with Crippen LogP contribution in [-0.2, 0) is 4.74 Å². The molecule has 2 aliphatic heterocycles. The first-order chi connectivity index (χ1) is 11.8. The molecule has 7 heteroatoms. The van der Waals surface area contributed by atoms with Crippen molar-refractivity contribution in [2.75, 3.05) is 39.4 Å². The van der Waals surface area contributed by atoms with Gasteiger partial charge in [-0.3, -0.25) is 14.1 Å². The van der Waals surface area contributed by atoms with E-state index < -0.39 is 0 Å². The average molecular weight is 329 g/mol. The van der Waals surface area contributed by atoms with E-state index in [0.717, 1.165) is 51.5 Å². The van der Waals surface area contributed by atoms with Crippen LogP contribution < -0.4 is 0 Å². The Balaban J connectivity index is 1.51. The Hall–Kier alpha value is -1.99. The molecule has 0 bridgehead atoms. The van der Waals surface area contributed by atoms with Crippen LogP contribution >= 0.6 is 0 Å². The van der Waals surface area contributed by atoms with Gasteiger partial charge in [0.1, 0.15) is 6.33 Å². The third-order valence-electron chi connectivity index (χ3n) is 5.27. The molecular weight excluding hydrogens is 306 g/mol. The molecule has 2 aliphatic rings. The van der Waals surface area contributed by atoms with Crippen molar-refractivity contribution in [1.29, 1.82) is 0 Å². The first kappa shape index (κ1) is 15.5. The van der Waals surface area contributed by atoms with E-state index in [0.29, 0.717) is 17.5 Å². The van der Waals surface area contributed by atoms with Crippen LogP contribution in [0.25, 0.3) is 5.65 Å². The van der Waals surface area contributed by atoms with E-state index >= 15 is 0 Å². The lowest BCUT2D eigenvalue weighted by Crippen LogP contribution is -2.47. The molecule has 24 heavy (non-hydrogen) atoms. The minimum atomic E-state index is 0.0970. The number of rotatable bonds is 3. The van der Waals surface area contributed by atoms with Crippen molar-refractivity contribution in [2.24, 2.45) is 5.92 Å². The summed E-state index contributed by atoms with van der Waals surface area (Å²) >= 11 is 0. The summed E-state index contributed by atoms with van der Waals surface area (Å²) in [6.07, 6.45) is 4.54. The van der Waals surface area contributed by atoms with Crippen molar-refractivity contribution in [1.82, 2.24) is 24.4 Å². The molecule has 128 valence electrons. The van der Waals surface area contributed by atoms with Gasteiger partial charge in [-0.2, -0.15) is 0 Å². The number of carbonyl (C=O) groups is 1. The third-order valence-corrected chi connectivity index (χ3v) is 5.27. The zero-order valence-electron chi connectivity index (χ0n) is 14.0. The van der Waals surface area contributed by atoms with Gasteiger partial charge in [0.05, 0.1) is 18.8 Å². The van der Waals surface area contributed by atoms with Crippen LogP contribution in [0.3, 0.4) is 0 Å². The Labute approximate surface area is 141 Å². The predicted octanol–water partition coefficient (Wildman–Crippen LogP) is 0.912. The highest BCUT2D eigenvalue weighted by molar-refractivity contribution is 5.94. The Morgan fingerprint density at radius 3 is 2.92 bits per heavy atom. The summed E-state index contributed by atoms with van der Waals surface area (Å²) in [7, 11) is 0. The zero-order chi connectivity index (χ0) is 16.5. The Kier molecular flexibility index (Phi) is 4.20. The molecule has 1 amide bonds. The SMILES string of the molecule is CCC1CN(C(=O)c2ccc3nncn3c2)CC1N1CCOCC1. The highest BCUT2D eigenvalue weighted by Gasteiger charge is 2.38. The monoisotopic (exact) mass is 329 g/mol. The second kappa shape index (κ2) is 6.49. The molecule has 2 fully saturated rings. The van der Waals surface area contributed by atoms with Gasteiger partial charge in [0, 0.05) is 38.4 Å². The van der Waals surface area contributed by atoms with Crippen LogP contribution in [0, 0.1) is 5.92 Å². The van der Waals surface area contributed by atoms with Gasteiger partial charge in [0.25, 0.3) is 5.91 Å². The number of nitrogens with zero attached hydrogens (tertiary/aromatic N) is 5. The molecule has 0 radical (unpaired) electrons. The van der Waals surface area contributed by atoms with Gasteiger partial charge in [-0.1, -0.05) is 13.3 Å². The van der Waals surface area contributed by atoms with Gasteiger partial charge in [-0.25, -0.2) is 0 Å². The van der Waals surface area contributed by atoms with E-state index in [-0.39, 0.29) is 5.91 Å². The van der Waals surface area contributed by atoms with Crippen molar-refractivity contribution < 1.29 is 9.53 Å². The summed E-state index contributed by atoms with van der Waals surface area (Å²) in [6, 6.07) is 4.13. The molecule has 0 N–H and O–H groups in total. The highest BCUT2D eigenvalue weighted by Crippen LogP contribution is 2.26. The molecule has 0 aliphatic carbocycles. The number of carbonyl (C=O) groups excluding carboxylic acids is 1. The van der Waals surface area contributed by atoms with Gasteiger partial charge in [-0.05, 0) is 18.1 Å². The summed E-state index contributed by atoms with van der Waals surface area (Å²) in [4.78, 5) is 17.4. The van der Waals surface area contributed by atoms with E-state index in [4.69, 9.17) is 4.74 Å². The number of pyridine rings is 1. The highest BCUT2D eigenvalue weighted by atomic mass is 16.5. The largest absolute Gasteiger partial charge is 0.379 e. The van der Waals surface area contributed by atoms with Gasteiger partial charge >= 0.3 is 0 Å². The maximum absolute atomic E-state index is 12.9. The minimum Gasteiger partial charge on any atom is -0.379 e.